The Labute approximate surface area is 173 Å². The number of aromatic hydroxyl groups is 1. The molecule has 29 heavy (non-hydrogen) atoms. The van der Waals surface area contributed by atoms with Crippen LogP contribution in [-0.2, 0) is 10.3 Å². The van der Waals surface area contributed by atoms with Crippen molar-refractivity contribution < 1.29 is 19.8 Å². The molecular formula is C23H33NO5. The summed E-state index contributed by atoms with van der Waals surface area (Å²) in [6, 6.07) is 3.98. The van der Waals surface area contributed by atoms with Crippen molar-refractivity contribution >= 4 is 0 Å². The number of phenolic OH excluding ortho intramolecular Hbond substituents is 1. The highest BCUT2D eigenvalue weighted by molar-refractivity contribution is 5.54. The van der Waals surface area contributed by atoms with Crippen molar-refractivity contribution in [2.75, 3.05) is 6.61 Å². The molecule has 0 bridgehead atoms. The van der Waals surface area contributed by atoms with Gasteiger partial charge in [-0.15, -0.1) is 10.1 Å². The first-order valence-electron chi connectivity index (χ1n) is 10.5. The van der Waals surface area contributed by atoms with E-state index < -0.39 is 5.09 Å². The van der Waals surface area contributed by atoms with E-state index in [1.807, 2.05) is 6.07 Å². The van der Waals surface area contributed by atoms with Gasteiger partial charge in [0.25, 0.3) is 5.09 Å². The molecule has 0 amide bonds. The average Bonchev–Trinajstić information content (AvgIpc) is 2.59. The number of hydrogen-bond donors (Lipinski definition) is 1. The molecule has 6 nitrogen and oxygen atoms in total. The van der Waals surface area contributed by atoms with Gasteiger partial charge in [-0.3, -0.25) is 0 Å². The number of phenols is 1. The lowest BCUT2D eigenvalue weighted by molar-refractivity contribution is -0.757. The molecule has 0 radical (unpaired) electrons. The molecule has 0 saturated carbocycles. The zero-order valence-electron chi connectivity index (χ0n) is 18.2. The Balaban J connectivity index is 1.83. The van der Waals surface area contributed by atoms with Crippen molar-refractivity contribution in [3.8, 4) is 11.5 Å². The van der Waals surface area contributed by atoms with Crippen molar-refractivity contribution in [1.82, 2.24) is 0 Å². The molecule has 0 aromatic heterocycles. The van der Waals surface area contributed by atoms with E-state index in [4.69, 9.17) is 4.74 Å². The third-order valence-corrected chi connectivity index (χ3v) is 6.68. The minimum Gasteiger partial charge on any atom is -0.508 e. The van der Waals surface area contributed by atoms with E-state index in [0.29, 0.717) is 18.1 Å². The molecule has 2 atom stereocenters. The van der Waals surface area contributed by atoms with Crippen LogP contribution in [0.5, 0.6) is 11.5 Å². The van der Waals surface area contributed by atoms with Crippen molar-refractivity contribution in [3.63, 3.8) is 0 Å². The summed E-state index contributed by atoms with van der Waals surface area (Å²) in [5, 5.41) is 20.5. The van der Waals surface area contributed by atoms with Crippen molar-refractivity contribution in [2.45, 2.75) is 83.7 Å². The van der Waals surface area contributed by atoms with Gasteiger partial charge in [0.1, 0.15) is 17.1 Å². The van der Waals surface area contributed by atoms with E-state index in [9.17, 15) is 15.2 Å². The lowest BCUT2D eigenvalue weighted by Gasteiger charge is -2.47. The lowest BCUT2D eigenvalue weighted by Crippen LogP contribution is -2.45. The van der Waals surface area contributed by atoms with Gasteiger partial charge in [0.2, 0.25) is 0 Å². The maximum atomic E-state index is 11.0. The molecule has 1 aromatic carbocycles. The Hall–Kier alpha value is -2.24. The molecule has 2 aliphatic rings. The second kappa shape index (κ2) is 7.88. The number of unbranched alkanes of at least 4 members (excludes halogenated alkanes) is 1. The lowest BCUT2D eigenvalue weighted by atomic mass is 9.66. The predicted molar refractivity (Wildman–Crippen MR) is 112 cm³/mol. The summed E-state index contributed by atoms with van der Waals surface area (Å²) in [4.78, 5) is 14.7. The topological polar surface area (TPSA) is 81.8 Å². The number of allylic oxidation sites excluding steroid dienone is 2. The molecule has 1 unspecified atom stereocenters. The molecule has 0 saturated heterocycles. The zero-order valence-corrected chi connectivity index (χ0v) is 18.2. The summed E-state index contributed by atoms with van der Waals surface area (Å²) in [6.07, 6.45) is 6.50. The van der Waals surface area contributed by atoms with E-state index in [1.54, 1.807) is 0 Å². The van der Waals surface area contributed by atoms with Crippen LogP contribution < -0.4 is 4.74 Å². The number of rotatable bonds is 7. The van der Waals surface area contributed by atoms with Gasteiger partial charge < -0.3 is 14.7 Å². The van der Waals surface area contributed by atoms with Gasteiger partial charge in [-0.05, 0) is 69.6 Å². The Morgan fingerprint density at radius 3 is 2.76 bits per heavy atom. The first-order valence-corrected chi connectivity index (χ1v) is 10.5. The normalized spacial score (nSPS) is 22.7. The van der Waals surface area contributed by atoms with Crippen molar-refractivity contribution in [1.29, 1.82) is 0 Å². The van der Waals surface area contributed by atoms with Gasteiger partial charge in [-0.25, -0.2) is 0 Å². The second-order valence-corrected chi connectivity index (χ2v) is 9.71. The monoisotopic (exact) mass is 403 g/mol. The summed E-state index contributed by atoms with van der Waals surface area (Å²) in [5.41, 5.74) is 2.87. The van der Waals surface area contributed by atoms with Crippen LogP contribution in [0.1, 0.15) is 83.8 Å². The van der Waals surface area contributed by atoms with E-state index in [1.165, 1.54) is 5.57 Å². The Morgan fingerprint density at radius 1 is 1.34 bits per heavy atom. The fourth-order valence-corrected chi connectivity index (χ4v) is 4.91. The predicted octanol–water partition coefficient (Wildman–Crippen LogP) is 5.66. The molecular weight excluding hydrogens is 370 g/mol. The van der Waals surface area contributed by atoms with Gasteiger partial charge in [0.15, 0.2) is 0 Å². The Morgan fingerprint density at radius 2 is 2.07 bits per heavy atom. The highest BCUT2D eigenvalue weighted by Gasteiger charge is 2.46. The van der Waals surface area contributed by atoms with E-state index in [2.05, 4.69) is 51.6 Å². The number of benzene rings is 1. The molecule has 6 heteroatoms. The number of nitrogens with zero attached hydrogens (tertiary/aromatic N) is 1. The fraction of sp³-hybridized carbons (Fsp3) is 0.652. The summed E-state index contributed by atoms with van der Waals surface area (Å²) in [6.45, 7) is 10.8. The standard InChI is InChI=1S/C23H33NO5/c1-15-8-9-18-17(12-15)21-19(25)13-16(14-20(21)29-23(18,4)5)22(2,3)10-6-7-11-28-24(26)27/h8,13-14,17-18,25H,6-7,9-12H2,1-5H3/t17?,18-/m1/s1. The molecule has 160 valence electrons. The molecule has 0 spiro atoms. The minimum atomic E-state index is -0.749. The summed E-state index contributed by atoms with van der Waals surface area (Å²) >= 11 is 0. The molecule has 0 fully saturated rings. The number of hydrogen-bond acceptors (Lipinski definition) is 5. The van der Waals surface area contributed by atoms with Crippen LogP contribution >= 0.6 is 0 Å². The molecule has 3 rings (SSSR count). The molecule has 1 heterocycles. The first-order chi connectivity index (χ1) is 13.5. The number of ether oxygens (including phenoxy) is 1. The largest absolute Gasteiger partial charge is 0.508 e. The summed E-state index contributed by atoms with van der Waals surface area (Å²) in [7, 11) is 0. The van der Waals surface area contributed by atoms with E-state index in [0.717, 1.165) is 42.6 Å². The quantitative estimate of drug-likeness (QED) is 0.275. The van der Waals surface area contributed by atoms with Crippen LogP contribution in [0.25, 0.3) is 0 Å². The molecule has 1 aromatic rings. The fourth-order valence-electron chi connectivity index (χ4n) is 4.91. The maximum Gasteiger partial charge on any atom is 0.294 e. The van der Waals surface area contributed by atoms with Gasteiger partial charge in [0.05, 0.1) is 6.61 Å². The third-order valence-electron chi connectivity index (χ3n) is 6.68. The van der Waals surface area contributed by atoms with Crippen molar-refractivity contribution in [2.24, 2.45) is 5.92 Å². The second-order valence-electron chi connectivity index (χ2n) is 9.71. The van der Waals surface area contributed by atoms with Gasteiger partial charge >= 0.3 is 0 Å². The molecule has 1 aliphatic carbocycles. The first kappa shape index (κ1) is 21.5. The van der Waals surface area contributed by atoms with E-state index in [-0.39, 0.29) is 23.5 Å². The van der Waals surface area contributed by atoms with Crippen LogP contribution in [0.3, 0.4) is 0 Å². The van der Waals surface area contributed by atoms with Crippen LogP contribution in [-0.4, -0.2) is 22.4 Å². The highest BCUT2D eigenvalue weighted by Crippen LogP contribution is 2.54. The minimum absolute atomic E-state index is 0.117. The zero-order chi connectivity index (χ0) is 21.4. The SMILES string of the molecule is CC1=CC[C@@H]2C(C1)c1c(O)cc(C(C)(C)CCCCO[N+](=O)[O-])cc1OC2(C)C. The van der Waals surface area contributed by atoms with Gasteiger partial charge in [0, 0.05) is 17.4 Å². The summed E-state index contributed by atoms with van der Waals surface area (Å²) < 4.78 is 6.43. The highest BCUT2D eigenvalue weighted by atomic mass is 16.9. The molecule has 1 N–H and O–H groups in total. The Bertz CT molecular complexity index is 812. The van der Waals surface area contributed by atoms with Crippen LogP contribution in [0.2, 0.25) is 0 Å². The van der Waals surface area contributed by atoms with E-state index >= 15 is 0 Å². The Kier molecular flexibility index (Phi) is 5.84. The maximum absolute atomic E-state index is 11.0. The summed E-state index contributed by atoms with van der Waals surface area (Å²) in [5.74, 6) is 1.74. The van der Waals surface area contributed by atoms with Crippen LogP contribution in [0.15, 0.2) is 23.8 Å². The van der Waals surface area contributed by atoms with Gasteiger partial charge in [-0.1, -0.05) is 31.9 Å². The smallest absolute Gasteiger partial charge is 0.294 e. The third kappa shape index (κ3) is 4.51. The molecule has 1 aliphatic heterocycles. The van der Waals surface area contributed by atoms with Crippen LogP contribution in [0, 0.1) is 16.0 Å². The van der Waals surface area contributed by atoms with Crippen LogP contribution in [0.4, 0.5) is 0 Å². The average molecular weight is 404 g/mol. The number of fused-ring (bicyclic) bond motifs is 3. The van der Waals surface area contributed by atoms with Crippen molar-refractivity contribution in [3.05, 3.63) is 45.0 Å². The van der Waals surface area contributed by atoms with Gasteiger partial charge in [-0.2, -0.15) is 0 Å².